The molecule has 0 amide bonds. The van der Waals surface area contributed by atoms with E-state index in [1.807, 2.05) is 48.5 Å². The van der Waals surface area contributed by atoms with Crippen LogP contribution in [0.3, 0.4) is 0 Å². The van der Waals surface area contributed by atoms with E-state index in [0.29, 0.717) is 30.7 Å². The van der Waals surface area contributed by atoms with E-state index in [4.69, 9.17) is 10.5 Å². The average molecular weight is 361 g/mol. The van der Waals surface area contributed by atoms with Crippen LogP contribution in [0.25, 0.3) is 16.9 Å². The summed E-state index contributed by atoms with van der Waals surface area (Å²) in [6, 6.07) is 15.9. The lowest BCUT2D eigenvalue weighted by molar-refractivity contribution is 0.390. The van der Waals surface area contributed by atoms with E-state index in [1.54, 1.807) is 10.9 Å². The summed E-state index contributed by atoms with van der Waals surface area (Å²) in [5, 5.41) is 16.9. The standard InChI is InChI=1S/C19H19N7O/c1-27-18-17(21-11-13-6-3-2-4-7-13)23-19(25-24-18)26-16-9-5-8-14(10-20)15(16)12-22-26/h2-9,12H,10-11,20H2,1H3,(H,21,23,25). The Hall–Kier alpha value is -3.52. The molecule has 2 aromatic carbocycles. The highest BCUT2D eigenvalue weighted by Gasteiger charge is 2.14. The van der Waals surface area contributed by atoms with E-state index < -0.39 is 0 Å². The van der Waals surface area contributed by atoms with Gasteiger partial charge in [-0.2, -0.15) is 14.8 Å². The second-order valence-corrected chi connectivity index (χ2v) is 5.92. The van der Waals surface area contributed by atoms with Gasteiger partial charge in [0.1, 0.15) is 0 Å². The highest BCUT2D eigenvalue weighted by atomic mass is 16.5. The van der Waals surface area contributed by atoms with Gasteiger partial charge in [-0.05, 0) is 17.2 Å². The molecule has 0 bridgehead atoms. The summed E-state index contributed by atoms with van der Waals surface area (Å²) in [4.78, 5) is 4.57. The van der Waals surface area contributed by atoms with E-state index in [0.717, 1.165) is 22.0 Å². The SMILES string of the molecule is COc1nnc(-n2ncc3c(CN)cccc32)nc1NCc1ccccc1. The van der Waals surface area contributed by atoms with Crippen LogP contribution >= 0.6 is 0 Å². The molecule has 0 saturated carbocycles. The number of nitrogens with zero attached hydrogens (tertiary/aromatic N) is 5. The van der Waals surface area contributed by atoms with Crippen molar-refractivity contribution in [2.45, 2.75) is 13.1 Å². The van der Waals surface area contributed by atoms with Gasteiger partial charge in [0.05, 0.1) is 18.8 Å². The van der Waals surface area contributed by atoms with Gasteiger partial charge in [0, 0.05) is 18.5 Å². The fraction of sp³-hybridized carbons (Fsp3) is 0.158. The number of benzene rings is 2. The van der Waals surface area contributed by atoms with E-state index in [2.05, 4.69) is 25.6 Å². The van der Waals surface area contributed by atoms with Crippen LogP contribution in [0, 0.1) is 0 Å². The molecule has 0 aliphatic rings. The zero-order chi connectivity index (χ0) is 18.6. The smallest absolute Gasteiger partial charge is 0.276 e. The molecule has 4 aromatic rings. The molecule has 0 atom stereocenters. The van der Waals surface area contributed by atoms with Crippen molar-refractivity contribution in [1.82, 2.24) is 25.0 Å². The molecule has 4 rings (SSSR count). The van der Waals surface area contributed by atoms with E-state index in [9.17, 15) is 0 Å². The summed E-state index contributed by atoms with van der Waals surface area (Å²) in [6.07, 6.45) is 1.77. The molecule has 8 heteroatoms. The van der Waals surface area contributed by atoms with Gasteiger partial charge < -0.3 is 15.8 Å². The highest BCUT2D eigenvalue weighted by Crippen LogP contribution is 2.23. The second kappa shape index (κ2) is 7.38. The summed E-state index contributed by atoms with van der Waals surface area (Å²) in [6.45, 7) is 1.03. The summed E-state index contributed by atoms with van der Waals surface area (Å²) < 4.78 is 6.93. The molecule has 0 fully saturated rings. The van der Waals surface area contributed by atoms with Gasteiger partial charge in [-0.3, -0.25) is 0 Å². The number of nitrogens with one attached hydrogen (secondary N) is 1. The number of hydrogen-bond acceptors (Lipinski definition) is 7. The first-order chi connectivity index (χ1) is 13.3. The second-order valence-electron chi connectivity index (χ2n) is 5.92. The number of aromatic nitrogens is 5. The summed E-state index contributed by atoms with van der Waals surface area (Å²) >= 11 is 0. The molecule has 27 heavy (non-hydrogen) atoms. The van der Waals surface area contributed by atoms with Crippen LogP contribution in [-0.4, -0.2) is 32.1 Å². The molecule has 0 radical (unpaired) electrons. The summed E-state index contributed by atoms with van der Waals surface area (Å²) in [5.74, 6) is 1.19. The molecule has 0 aliphatic carbocycles. The van der Waals surface area contributed by atoms with Crippen molar-refractivity contribution in [3.63, 3.8) is 0 Å². The number of rotatable bonds is 6. The molecule has 3 N–H and O–H groups in total. The third-order valence-corrected chi connectivity index (χ3v) is 4.25. The first kappa shape index (κ1) is 16.9. The Bertz CT molecular complexity index is 1060. The quantitative estimate of drug-likeness (QED) is 0.543. The normalized spacial score (nSPS) is 10.9. The zero-order valence-corrected chi connectivity index (χ0v) is 14.8. The van der Waals surface area contributed by atoms with Crippen LogP contribution in [0.15, 0.2) is 54.7 Å². The Morgan fingerprint density at radius 3 is 2.70 bits per heavy atom. The maximum atomic E-state index is 5.81. The molecule has 8 nitrogen and oxygen atoms in total. The maximum absolute atomic E-state index is 5.81. The van der Waals surface area contributed by atoms with E-state index in [1.165, 1.54) is 7.11 Å². The van der Waals surface area contributed by atoms with Crippen LogP contribution in [0.2, 0.25) is 0 Å². The Morgan fingerprint density at radius 2 is 1.93 bits per heavy atom. The summed E-state index contributed by atoms with van der Waals surface area (Å²) in [5.41, 5.74) is 8.83. The van der Waals surface area contributed by atoms with Crippen molar-refractivity contribution in [2.75, 3.05) is 12.4 Å². The Balaban J connectivity index is 1.70. The van der Waals surface area contributed by atoms with Crippen molar-refractivity contribution in [1.29, 1.82) is 0 Å². The largest absolute Gasteiger partial charge is 0.477 e. The van der Waals surface area contributed by atoms with Crippen molar-refractivity contribution >= 4 is 16.7 Å². The minimum Gasteiger partial charge on any atom is -0.477 e. The lowest BCUT2D eigenvalue weighted by atomic mass is 10.1. The predicted molar refractivity (Wildman–Crippen MR) is 103 cm³/mol. The third kappa shape index (κ3) is 3.30. The minimum absolute atomic E-state index is 0.328. The average Bonchev–Trinajstić information content (AvgIpc) is 3.17. The number of methoxy groups -OCH3 is 1. The van der Waals surface area contributed by atoms with Crippen LogP contribution in [0.5, 0.6) is 5.88 Å². The molecule has 2 aromatic heterocycles. The van der Waals surface area contributed by atoms with E-state index in [-0.39, 0.29) is 0 Å². The first-order valence-corrected chi connectivity index (χ1v) is 8.52. The van der Waals surface area contributed by atoms with E-state index >= 15 is 0 Å². The fourth-order valence-corrected chi connectivity index (χ4v) is 2.88. The van der Waals surface area contributed by atoms with Crippen molar-refractivity contribution in [3.8, 4) is 11.8 Å². The molecule has 2 heterocycles. The van der Waals surface area contributed by atoms with Gasteiger partial charge in [0.25, 0.3) is 11.8 Å². The molecule has 0 spiro atoms. The maximum Gasteiger partial charge on any atom is 0.276 e. The molecule has 0 unspecified atom stereocenters. The topological polar surface area (TPSA) is 104 Å². The first-order valence-electron chi connectivity index (χ1n) is 8.52. The number of hydrogen-bond donors (Lipinski definition) is 2. The van der Waals surface area contributed by atoms with Gasteiger partial charge >= 0.3 is 0 Å². The number of nitrogens with two attached hydrogens (primary N) is 1. The van der Waals surface area contributed by atoms with Crippen LogP contribution in [0.4, 0.5) is 5.82 Å². The fourth-order valence-electron chi connectivity index (χ4n) is 2.88. The minimum atomic E-state index is 0.328. The monoisotopic (exact) mass is 361 g/mol. The van der Waals surface area contributed by atoms with Crippen LogP contribution in [0.1, 0.15) is 11.1 Å². The molecule has 0 aliphatic heterocycles. The Labute approximate surface area is 156 Å². The predicted octanol–water partition coefficient (Wildman–Crippen LogP) is 2.29. The third-order valence-electron chi connectivity index (χ3n) is 4.25. The Kier molecular flexibility index (Phi) is 4.63. The van der Waals surface area contributed by atoms with Gasteiger partial charge in [-0.25, -0.2) is 0 Å². The van der Waals surface area contributed by atoms with Gasteiger partial charge in [-0.1, -0.05) is 42.5 Å². The van der Waals surface area contributed by atoms with Crippen molar-refractivity contribution in [3.05, 3.63) is 65.9 Å². The van der Waals surface area contributed by atoms with Gasteiger partial charge in [0.2, 0.25) is 0 Å². The van der Waals surface area contributed by atoms with Crippen LogP contribution < -0.4 is 15.8 Å². The zero-order valence-electron chi connectivity index (χ0n) is 14.8. The van der Waals surface area contributed by atoms with Crippen LogP contribution in [-0.2, 0) is 13.1 Å². The molecular weight excluding hydrogens is 342 g/mol. The lowest BCUT2D eigenvalue weighted by Gasteiger charge is -2.10. The lowest BCUT2D eigenvalue weighted by Crippen LogP contribution is -2.11. The van der Waals surface area contributed by atoms with Gasteiger partial charge in [-0.15, -0.1) is 10.2 Å². The van der Waals surface area contributed by atoms with Crippen molar-refractivity contribution < 1.29 is 4.74 Å². The highest BCUT2D eigenvalue weighted by molar-refractivity contribution is 5.83. The molecule has 0 saturated heterocycles. The van der Waals surface area contributed by atoms with Gasteiger partial charge in [0.15, 0.2) is 5.82 Å². The molecular formula is C19H19N7O. The summed E-state index contributed by atoms with van der Waals surface area (Å²) in [7, 11) is 1.54. The van der Waals surface area contributed by atoms with Crippen molar-refractivity contribution in [2.24, 2.45) is 5.73 Å². The number of ether oxygens (including phenoxy) is 1. The molecule has 136 valence electrons. The Morgan fingerprint density at radius 1 is 1.07 bits per heavy atom. The number of anilines is 1. The number of fused-ring (bicyclic) bond motifs is 1.